The quantitative estimate of drug-likeness (QED) is 0.167. The monoisotopic (exact) mass is 620 g/mol. The van der Waals surface area contributed by atoms with Crippen LogP contribution in [0.3, 0.4) is 0 Å². The predicted molar refractivity (Wildman–Crippen MR) is 173 cm³/mol. The third-order valence-electron chi connectivity index (χ3n) is 11.5. The summed E-state index contributed by atoms with van der Waals surface area (Å²) in [5.74, 6) is 1.66. The molecule has 0 N–H and O–H groups in total. The summed E-state index contributed by atoms with van der Waals surface area (Å²) < 4.78 is 26.8. The summed E-state index contributed by atoms with van der Waals surface area (Å²) in [6.07, 6.45) is 11.2. The van der Waals surface area contributed by atoms with Crippen molar-refractivity contribution < 1.29 is 28.2 Å². The fourth-order valence-corrected chi connectivity index (χ4v) is 10.6. The van der Waals surface area contributed by atoms with Crippen molar-refractivity contribution in [1.29, 1.82) is 0 Å². The minimum atomic E-state index is -1.34. The van der Waals surface area contributed by atoms with E-state index < -0.39 is 5.60 Å². The van der Waals surface area contributed by atoms with Gasteiger partial charge in [-0.15, -0.1) is 11.8 Å². The summed E-state index contributed by atoms with van der Waals surface area (Å²) >= 11 is 1.89. The summed E-state index contributed by atoms with van der Waals surface area (Å²) in [6, 6.07) is 21.5. The van der Waals surface area contributed by atoms with Crippen LogP contribution in [0.4, 0.5) is 0 Å². The first kappa shape index (κ1) is 30.7. The molecule has 7 rings (SSSR count). The van der Waals surface area contributed by atoms with Gasteiger partial charge in [0.1, 0.15) is 11.5 Å². The van der Waals surface area contributed by atoms with Crippen LogP contribution in [0.5, 0.6) is 0 Å². The fraction of sp³-hybridized carbons (Fsp3) is 0.649. The number of hydrogen-bond acceptors (Lipinski definition) is 6. The Kier molecular flexibility index (Phi) is 9.67. The molecule has 5 fully saturated rings. The Morgan fingerprint density at radius 2 is 1.34 bits per heavy atom. The Labute approximate surface area is 267 Å². The molecule has 7 heteroatoms. The zero-order valence-corrected chi connectivity index (χ0v) is 27.0. The normalized spacial score (nSPS) is 28.2. The van der Waals surface area contributed by atoms with E-state index >= 15 is 4.79 Å². The van der Waals surface area contributed by atoms with Crippen molar-refractivity contribution >= 4 is 17.7 Å². The van der Waals surface area contributed by atoms with Gasteiger partial charge in [-0.25, -0.2) is 4.79 Å². The zero-order chi connectivity index (χ0) is 29.8. The number of hydrogen-bond donors (Lipinski definition) is 0. The van der Waals surface area contributed by atoms with E-state index in [9.17, 15) is 0 Å². The van der Waals surface area contributed by atoms with Crippen LogP contribution in [0, 0.1) is 11.8 Å². The van der Waals surface area contributed by atoms with E-state index in [4.69, 9.17) is 18.9 Å². The van der Waals surface area contributed by atoms with Crippen molar-refractivity contribution in [3.8, 4) is 0 Å². The zero-order valence-electron chi connectivity index (χ0n) is 26.2. The maximum absolute atomic E-state index is 15.0. The van der Waals surface area contributed by atoms with E-state index in [1.165, 1.54) is 43.3 Å². The Balaban J connectivity index is 1.21. The molecule has 0 radical (unpaired) electrons. The third kappa shape index (κ3) is 6.12. The molecule has 238 valence electrons. The maximum atomic E-state index is 15.0. The van der Waals surface area contributed by atoms with Crippen molar-refractivity contribution in [3.63, 3.8) is 0 Å². The highest BCUT2D eigenvalue weighted by molar-refractivity contribution is 7.99. The molecule has 2 bridgehead atoms. The largest absolute Gasteiger partial charge is 0.459 e. The molecule has 6 nitrogen and oxygen atoms in total. The Hall–Kier alpha value is -1.90. The van der Waals surface area contributed by atoms with Gasteiger partial charge in [0, 0.05) is 65.0 Å². The Morgan fingerprint density at radius 1 is 0.795 bits per heavy atom. The molecule has 5 heterocycles. The van der Waals surface area contributed by atoms with Crippen LogP contribution >= 0.6 is 11.8 Å². The molecule has 5 aliphatic heterocycles. The highest BCUT2D eigenvalue weighted by atomic mass is 32.2. The fourth-order valence-electron chi connectivity index (χ4n) is 9.05. The number of carbonyl (C=O) groups is 1. The van der Waals surface area contributed by atoms with Crippen molar-refractivity contribution in [3.05, 3.63) is 71.8 Å². The number of carbonyl (C=O) groups excluding carboxylic acids is 1. The number of rotatable bonds is 10. The smallest absolute Gasteiger partial charge is 0.348 e. The van der Waals surface area contributed by atoms with E-state index in [1.54, 1.807) is 0 Å². The van der Waals surface area contributed by atoms with Crippen LogP contribution < -0.4 is 0 Å². The summed E-state index contributed by atoms with van der Waals surface area (Å²) in [6.45, 7) is 5.77. The van der Waals surface area contributed by atoms with Crippen molar-refractivity contribution in [2.45, 2.75) is 93.4 Å². The SMILES string of the molecule is O=C(OC1CC2CCC(C1)[N+]21CCCC1)C(OC(SCC1CCOCC1)C1CCOCC1)(c1ccccc1)c1ccccc1. The molecule has 2 aromatic rings. The van der Waals surface area contributed by atoms with E-state index in [-0.39, 0.29) is 17.5 Å². The first-order valence-corrected chi connectivity index (χ1v) is 18.4. The second-order valence-corrected chi connectivity index (χ2v) is 15.0. The number of nitrogens with zero attached hydrogens (tertiary/aromatic N) is 1. The highest BCUT2D eigenvalue weighted by Gasteiger charge is 2.57. The average Bonchev–Trinajstić information content (AvgIpc) is 3.63. The number of quaternary nitrogens is 1. The van der Waals surface area contributed by atoms with Gasteiger partial charge in [-0.1, -0.05) is 60.7 Å². The lowest BCUT2D eigenvalue weighted by Gasteiger charge is -2.47. The van der Waals surface area contributed by atoms with Crippen LogP contribution in [0.15, 0.2) is 60.7 Å². The summed E-state index contributed by atoms with van der Waals surface area (Å²) in [7, 11) is 0. The van der Waals surface area contributed by atoms with Crippen LogP contribution in [-0.2, 0) is 29.3 Å². The number of ether oxygens (including phenoxy) is 4. The molecule has 44 heavy (non-hydrogen) atoms. The summed E-state index contributed by atoms with van der Waals surface area (Å²) in [5.41, 5.74) is 0.198. The minimum Gasteiger partial charge on any atom is -0.459 e. The molecule has 5 aliphatic rings. The average molecular weight is 621 g/mol. The standard InChI is InChI=1S/C37H50NO5S/c39-36(42-34-25-32-13-14-33(26-34)38(32)19-7-8-20-38)37(30-9-3-1-4-10-30,31-11-5-2-6-12-31)43-35(29-17-23-41-24-18-29)44-27-28-15-21-40-22-16-28/h1-6,9-12,28-29,32-35H,7-8,13-27H2/q+1. The van der Waals surface area contributed by atoms with Crippen LogP contribution in [-0.4, -0.2) is 79.3 Å². The van der Waals surface area contributed by atoms with Crippen LogP contribution in [0.2, 0.25) is 0 Å². The number of esters is 1. The number of piperidine rings is 1. The van der Waals surface area contributed by atoms with Gasteiger partial charge < -0.3 is 23.4 Å². The topological polar surface area (TPSA) is 54.0 Å². The first-order chi connectivity index (χ1) is 21.7. The third-order valence-corrected chi connectivity index (χ3v) is 12.9. The lowest BCUT2D eigenvalue weighted by atomic mass is 9.85. The second kappa shape index (κ2) is 13.8. The van der Waals surface area contributed by atoms with Gasteiger partial charge in [0.15, 0.2) is 0 Å². The van der Waals surface area contributed by atoms with E-state index in [2.05, 4.69) is 0 Å². The molecule has 1 spiro atoms. The van der Waals surface area contributed by atoms with Crippen molar-refractivity contribution in [1.82, 2.24) is 0 Å². The molecule has 2 aromatic carbocycles. The van der Waals surface area contributed by atoms with Gasteiger partial charge in [-0.2, -0.15) is 0 Å². The van der Waals surface area contributed by atoms with Crippen LogP contribution in [0.1, 0.15) is 75.3 Å². The molecule has 0 aliphatic carbocycles. The minimum absolute atomic E-state index is 0.0591. The predicted octanol–water partition coefficient (Wildman–Crippen LogP) is 6.71. The van der Waals surface area contributed by atoms with Gasteiger partial charge in [0.25, 0.3) is 0 Å². The molecule has 3 unspecified atom stereocenters. The molecule has 5 saturated heterocycles. The molecular formula is C37H50NO5S+. The van der Waals surface area contributed by atoms with Gasteiger partial charge in [0.05, 0.1) is 25.2 Å². The van der Waals surface area contributed by atoms with E-state index in [1.807, 2.05) is 72.4 Å². The van der Waals surface area contributed by atoms with Crippen molar-refractivity contribution in [2.75, 3.05) is 45.3 Å². The van der Waals surface area contributed by atoms with E-state index in [0.29, 0.717) is 23.9 Å². The highest BCUT2D eigenvalue weighted by Crippen LogP contribution is 2.48. The van der Waals surface area contributed by atoms with Crippen LogP contribution in [0.25, 0.3) is 0 Å². The maximum Gasteiger partial charge on any atom is 0.348 e. The lowest BCUT2D eigenvalue weighted by Crippen LogP contribution is -2.60. The molecule has 0 amide bonds. The molecule has 0 saturated carbocycles. The number of benzene rings is 2. The molecule has 3 atom stereocenters. The first-order valence-electron chi connectivity index (χ1n) is 17.3. The number of thioether (sulfide) groups is 1. The van der Waals surface area contributed by atoms with E-state index in [0.717, 1.165) is 81.8 Å². The van der Waals surface area contributed by atoms with Crippen molar-refractivity contribution in [2.24, 2.45) is 11.8 Å². The lowest BCUT2D eigenvalue weighted by molar-refractivity contribution is -0.956. The van der Waals surface area contributed by atoms with Gasteiger partial charge in [-0.3, -0.25) is 0 Å². The Morgan fingerprint density at radius 3 is 1.91 bits per heavy atom. The van der Waals surface area contributed by atoms with Gasteiger partial charge in [0.2, 0.25) is 5.60 Å². The molecular weight excluding hydrogens is 570 g/mol. The summed E-state index contributed by atoms with van der Waals surface area (Å²) in [4.78, 5) is 15.0. The second-order valence-electron chi connectivity index (χ2n) is 13.9. The molecule has 0 aromatic heterocycles. The van der Waals surface area contributed by atoms with Gasteiger partial charge in [-0.05, 0) is 54.4 Å². The summed E-state index contributed by atoms with van der Waals surface area (Å²) in [5, 5.41) is 0. The van der Waals surface area contributed by atoms with Gasteiger partial charge >= 0.3 is 5.97 Å². The Bertz CT molecular complexity index is 1150.